The molecule has 2 N–H and O–H groups in total. The van der Waals surface area contributed by atoms with E-state index in [4.69, 9.17) is 0 Å². The number of rotatable bonds is 4. The first-order chi connectivity index (χ1) is 9.60. The number of carbonyl (C=O) groups excluding carboxylic acids is 1. The van der Waals surface area contributed by atoms with Crippen molar-refractivity contribution in [3.8, 4) is 0 Å². The Morgan fingerprint density at radius 1 is 1.35 bits per heavy atom. The van der Waals surface area contributed by atoms with Gasteiger partial charge in [-0.2, -0.15) is 0 Å². The molecule has 1 aromatic heterocycles. The smallest absolute Gasteiger partial charge is 0.275 e. The van der Waals surface area contributed by atoms with Gasteiger partial charge in [0, 0.05) is 12.2 Å². The van der Waals surface area contributed by atoms with Crippen molar-refractivity contribution in [2.75, 3.05) is 17.2 Å². The molecule has 0 saturated heterocycles. The number of carbonyl (C=O) groups is 1. The van der Waals surface area contributed by atoms with Crippen molar-refractivity contribution in [2.45, 2.75) is 13.8 Å². The number of anilines is 2. The molecule has 20 heavy (non-hydrogen) atoms. The van der Waals surface area contributed by atoms with Gasteiger partial charge in [-0.15, -0.1) is 0 Å². The highest BCUT2D eigenvalue weighted by Crippen LogP contribution is 2.16. The maximum absolute atomic E-state index is 13.2. The molecule has 6 heteroatoms. The molecule has 1 heterocycles. The van der Waals surface area contributed by atoms with Gasteiger partial charge in [-0.05, 0) is 31.5 Å². The normalized spacial score (nSPS) is 10.2. The van der Waals surface area contributed by atoms with Gasteiger partial charge in [0.1, 0.15) is 17.3 Å². The molecule has 0 atom stereocenters. The molecule has 0 spiro atoms. The number of halogens is 1. The molecule has 0 bridgehead atoms. The lowest BCUT2D eigenvalue weighted by atomic mass is 10.2. The summed E-state index contributed by atoms with van der Waals surface area (Å²) in [7, 11) is 0. The average Bonchev–Trinajstić information content (AvgIpc) is 2.43. The molecular formula is C14H15FN4O. The predicted octanol–water partition coefficient (Wildman–Crippen LogP) is 2.61. The van der Waals surface area contributed by atoms with Crippen LogP contribution in [0.15, 0.2) is 30.6 Å². The number of nitrogens with one attached hydrogen (secondary N) is 2. The lowest BCUT2D eigenvalue weighted by molar-refractivity contribution is 0.102. The number of aryl methyl sites for hydroxylation is 1. The molecule has 0 aliphatic heterocycles. The van der Waals surface area contributed by atoms with Crippen LogP contribution in [0.3, 0.4) is 0 Å². The number of benzene rings is 1. The topological polar surface area (TPSA) is 66.9 Å². The van der Waals surface area contributed by atoms with E-state index in [1.54, 1.807) is 13.0 Å². The molecule has 0 unspecified atom stereocenters. The van der Waals surface area contributed by atoms with Crippen molar-refractivity contribution >= 4 is 17.4 Å². The van der Waals surface area contributed by atoms with Gasteiger partial charge in [-0.3, -0.25) is 9.78 Å². The molecule has 0 aliphatic rings. The van der Waals surface area contributed by atoms with Crippen LogP contribution >= 0.6 is 0 Å². The first-order valence-corrected chi connectivity index (χ1v) is 6.23. The zero-order valence-corrected chi connectivity index (χ0v) is 11.3. The first kappa shape index (κ1) is 13.9. The van der Waals surface area contributed by atoms with Crippen LogP contribution in [-0.2, 0) is 0 Å². The minimum absolute atomic E-state index is 0.173. The second kappa shape index (κ2) is 6.10. The Labute approximate surface area is 116 Å². The summed E-state index contributed by atoms with van der Waals surface area (Å²) >= 11 is 0. The summed E-state index contributed by atoms with van der Waals surface area (Å²) in [5.74, 6) is -0.305. The zero-order valence-electron chi connectivity index (χ0n) is 11.3. The highest BCUT2D eigenvalue weighted by Gasteiger charge is 2.11. The van der Waals surface area contributed by atoms with E-state index < -0.39 is 11.7 Å². The fraction of sp³-hybridized carbons (Fsp3) is 0.214. The third-order valence-electron chi connectivity index (χ3n) is 2.67. The van der Waals surface area contributed by atoms with Gasteiger partial charge in [-0.25, -0.2) is 9.37 Å². The van der Waals surface area contributed by atoms with Crippen LogP contribution in [-0.4, -0.2) is 22.4 Å². The Balaban J connectivity index is 2.19. The molecule has 0 fully saturated rings. The van der Waals surface area contributed by atoms with Crippen molar-refractivity contribution in [2.24, 2.45) is 0 Å². The number of nitrogens with zero attached hydrogens (tertiary/aromatic N) is 2. The molecule has 0 aliphatic carbocycles. The fourth-order valence-corrected chi connectivity index (χ4v) is 1.66. The van der Waals surface area contributed by atoms with Crippen molar-refractivity contribution in [1.82, 2.24) is 9.97 Å². The molecule has 104 valence electrons. The Bertz CT molecular complexity index is 630. The highest BCUT2D eigenvalue weighted by molar-refractivity contribution is 6.03. The maximum atomic E-state index is 13.2. The van der Waals surface area contributed by atoms with E-state index in [9.17, 15) is 9.18 Å². The van der Waals surface area contributed by atoms with Gasteiger partial charge < -0.3 is 10.6 Å². The van der Waals surface area contributed by atoms with E-state index in [0.29, 0.717) is 18.1 Å². The lowest BCUT2D eigenvalue weighted by Gasteiger charge is -2.08. The van der Waals surface area contributed by atoms with Crippen molar-refractivity contribution in [3.05, 3.63) is 47.7 Å². The highest BCUT2D eigenvalue weighted by atomic mass is 19.1. The lowest BCUT2D eigenvalue weighted by Crippen LogP contribution is -2.16. The van der Waals surface area contributed by atoms with Crippen LogP contribution in [0.4, 0.5) is 15.9 Å². The van der Waals surface area contributed by atoms with E-state index in [1.165, 1.54) is 24.5 Å². The van der Waals surface area contributed by atoms with Gasteiger partial charge in [0.15, 0.2) is 0 Å². The zero-order chi connectivity index (χ0) is 14.5. The minimum atomic E-state index is -0.425. The summed E-state index contributed by atoms with van der Waals surface area (Å²) in [5, 5.41) is 5.60. The van der Waals surface area contributed by atoms with Crippen LogP contribution in [0.1, 0.15) is 23.0 Å². The summed E-state index contributed by atoms with van der Waals surface area (Å²) in [4.78, 5) is 20.1. The van der Waals surface area contributed by atoms with E-state index in [-0.39, 0.29) is 5.69 Å². The maximum Gasteiger partial charge on any atom is 0.275 e. The predicted molar refractivity (Wildman–Crippen MR) is 75.3 cm³/mol. The monoisotopic (exact) mass is 274 g/mol. The molecule has 0 radical (unpaired) electrons. The van der Waals surface area contributed by atoms with Crippen LogP contribution in [0.2, 0.25) is 0 Å². The van der Waals surface area contributed by atoms with Crippen molar-refractivity contribution in [1.29, 1.82) is 0 Å². The molecular weight excluding hydrogens is 259 g/mol. The largest absolute Gasteiger partial charge is 0.369 e. The van der Waals surface area contributed by atoms with Gasteiger partial charge in [-0.1, -0.05) is 6.07 Å². The first-order valence-electron chi connectivity index (χ1n) is 6.23. The van der Waals surface area contributed by atoms with Crippen molar-refractivity contribution < 1.29 is 9.18 Å². The van der Waals surface area contributed by atoms with Crippen LogP contribution in [0.5, 0.6) is 0 Å². The minimum Gasteiger partial charge on any atom is -0.369 e. The van der Waals surface area contributed by atoms with Crippen LogP contribution in [0, 0.1) is 12.7 Å². The second-order valence-corrected chi connectivity index (χ2v) is 4.23. The fourth-order valence-electron chi connectivity index (χ4n) is 1.66. The number of hydrogen-bond donors (Lipinski definition) is 2. The Morgan fingerprint density at radius 3 is 2.90 bits per heavy atom. The summed E-state index contributed by atoms with van der Waals surface area (Å²) in [5.41, 5.74) is 1.37. The number of amides is 1. The Kier molecular flexibility index (Phi) is 4.24. The summed E-state index contributed by atoms with van der Waals surface area (Å²) in [6.07, 6.45) is 2.90. The second-order valence-electron chi connectivity index (χ2n) is 4.23. The summed E-state index contributed by atoms with van der Waals surface area (Å²) in [6.45, 7) is 4.39. The van der Waals surface area contributed by atoms with E-state index in [0.717, 1.165) is 5.56 Å². The third kappa shape index (κ3) is 3.28. The molecule has 1 aromatic carbocycles. The summed E-state index contributed by atoms with van der Waals surface area (Å²) < 4.78 is 13.2. The molecule has 0 saturated carbocycles. The third-order valence-corrected chi connectivity index (χ3v) is 2.67. The molecule has 5 nitrogen and oxygen atoms in total. The van der Waals surface area contributed by atoms with Gasteiger partial charge in [0.25, 0.3) is 5.91 Å². The summed E-state index contributed by atoms with van der Waals surface area (Å²) in [6, 6.07) is 4.22. The molecule has 2 rings (SSSR count). The van der Waals surface area contributed by atoms with Crippen LogP contribution in [0.25, 0.3) is 0 Å². The van der Waals surface area contributed by atoms with E-state index in [2.05, 4.69) is 20.6 Å². The Morgan fingerprint density at radius 2 is 2.15 bits per heavy atom. The van der Waals surface area contributed by atoms with Gasteiger partial charge in [0.2, 0.25) is 0 Å². The van der Waals surface area contributed by atoms with Gasteiger partial charge >= 0.3 is 0 Å². The Hall–Kier alpha value is -2.50. The van der Waals surface area contributed by atoms with E-state index >= 15 is 0 Å². The number of aromatic nitrogens is 2. The quantitative estimate of drug-likeness (QED) is 0.899. The van der Waals surface area contributed by atoms with Crippen molar-refractivity contribution in [3.63, 3.8) is 0 Å². The SMILES string of the molecule is CCNc1cncc(C(=O)Nc2cc(F)ccc2C)n1. The van der Waals surface area contributed by atoms with Gasteiger partial charge in [0.05, 0.1) is 12.4 Å². The molecule has 1 amide bonds. The average molecular weight is 274 g/mol. The van der Waals surface area contributed by atoms with E-state index in [1.807, 2.05) is 6.92 Å². The number of hydrogen-bond acceptors (Lipinski definition) is 4. The van der Waals surface area contributed by atoms with Crippen LogP contribution < -0.4 is 10.6 Å². The standard InChI is InChI=1S/C14H15FN4O/c1-3-17-13-8-16-7-12(18-13)14(20)19-11-6-10(15)5-4-9(11)2/h4-8H,3H2,1-2H3,(H,17,18)(H,19,20). The molecule has 2 aromatic rings.